The number of rotatable bonds is 1. The Bertz CT molecular complexity index is 569. The zero-order valence-corrected chi connectivity index (χ0v) is 9.81. The number of hydrogen-bond acceptors (Lipinski definition) is 1. The van der Waals surface area contributed by atoms with Gasteiger partial charge in [0.25, 0.3) is 0 Å². The van der Waals surface area contributed by atoms with Gasteiger partial charge in [-0.1, -0.05) is 55.5 Å². The Morgan fingerprint density at radius 1 is 1.00 bits per heavy atom. The van der Waals surface area contributed by atoms with Crippen LogP contribution in [0.25, 0.3) is 11.1 Å². The summed E-state index contributed by atoms with van der Waals surface area (Å²) in [6.45, 7) is 2.12. The van der Waals surface area contributed by atoms with Crippen LogP contribution in [-0.2, 0) is 0 Å². The zero-order valence-electron chi connectivity index (χ0n) is 9.81. The molecule has 2 aromatic rings. The van der Waals surface area contributed by atoms with Gasteiger partial charge in [0.2, 0.25) is 0 Å². The van der Waals surface area contributed by atoms with E-state index in [2.05, 4.69) is 25.1 Å². The molecule has 2 aromatic carbocycles. The molecule has 0 N–H and O–H groups in total. The summed E-state index contributed by atoms with van der Waals surface area (Å²) < 4.78 is 0. The molecule has 1 aliphatic carbocycles. The molecule has 84 valence electrons. The van der Waals surface area contributed by atoms with Crippen LogP contribution in [0.1, 0.15) is 35.2 Å². The van der Waals surface area contributed by atoms with Crippen LogP contribution in [0.5, 0.6) is 0 Å². The lowest BCUT2D eigenvalue weighted by Crippen LogP contribution is -1.90. The van der Waals surface area contributed by atoms with Crippen molar-refractivity contribution in [2.75, 3.05) is 0 Å². The van der Waals surface area contributed by atoms with Crippen molar-refractivity contribution in [3.05, 3.63) is 59.7 Å². The van der Waals surface area contributed by atoms with Crippen molar-refractivity contribution in [2.24, 2.45) is 0 Å². The summed E-state index contributed by atoms with van der Waals surface area (Å²) in [4.78, 5) is 11.7. The zero-order chi connectivity index (χ0) is 11.8. The minimum Gasteiger partial charge on any atom is -0.294 e. The van der Waals surface area contributed by atoms with Gasteiger partial charge in [-0.25, -0.2) is 0 Å². The normalized spacial score (nSPS) is 18.2. The average molecular weight is 222 g/mol. The third-order valence-corrected chi connectivity index (χ3v) is 3.48. The van der Waals surface area contributed by atoms with Gasteiger partial charge in [0.15, 0.2) is 5.78 Å². The van der Waals surface area contributed by atoms with E-state index < -0.39 is 0 Å². The van der Waals surface area contributed by atoms with E-state index in [1.54, 1.807) is 0 Å². The highest BCUT2D eigenvalue weighted by atomic mass is 16.1. The molecule has 3 rings (SSSR count). The minimum absolute atomic E-state index is 0.284. The summed E-state index contributed by atoms with van der Waals surface area (Å²) in [5, 5.41) is 0. The number of Topliss-reactive ketones (excluding diaryl/α,β-unsaturated/α-hetero) is 1. The molecule has 0 heterocycles. The SMILES string of the molecule is C[C@H]1CC(=O)c2ccc(-c3ccccc3)cc21. The molecule has 1 atom stereocenters. The molecule has 1 nitrogen and oxygen atoms in total. The number of benzene rings is 2. The van der Waals surface area contributed by atoms with Crippen molar-refractivity contribution in [1.82, 2.24) is 0 Å². The first-order valence-corrected chi connectivity index (χ1v) is 5.98. The van der Waals surface area contributed by atoms with Gasteiger partial charge in [0.1, 0.15) is 0 Å². The van der Waals surface area contributed by atoms with Crippen molar-refractivity contribution < 1.29 is 4.79 Å². The lowest BCUT2D eigenvalue weighted by molar-refractivity contribution is 0.0990. The summed E-state index contributed by atoms with van der Waals surface area (Å²) in [7, 11) is 0. The highest BCUT2D eigenvalue weighted by Crippen LogP contribution is 2.35. The van der Waals surface area contributed by atoms with Crippen molar-refractivity contribution >= 4 is 5.78 Å². The standard InChI is InChI=1S/C16H14O/c1-11-9-16(17)14-8-7-13(10-15(11)14)12-5-3-2-4-6-12/h2-8,10-11H,9H2,1H3/t11-/m0/s1. The maximum absolute atomic E-state index is 11.7. The molecular weight excluding hydrogens is 208 g/mol. The first-order valence-electron chi connectivity index (χ1n) is 5.98. The molecule has 1 heteroatoms. The number of carbonyl (C=O) groups is 1. The van der Waals surface area contributed by atoms with Crippen LogP contribution in [0.2, 0.25) is 0 Å². The molecule has 0 amide bonds. The third kappa shape index (κ3) is 1.68. The van der Waals surface area contributed by atoms with Crippen molar-refractivity contribution in [3.8, 4) is 11.1 Å². The molecule has 0 saturated heterocycles. The Balaban J connectivity index is 2.11. The molecule has 0 bridgehead atoms. The molecule has 0 aliphatic heterocycles. The van der Waals surface area contributed by atoms with E-state index in [4.69, 9.17) is 0 Å². The fourth-order valence-electron chi connectivity index (χ4n) is 2.53. The molecule has 0 radical (unpaired) electrons. The largest absolute Gasteiger partial charge is 0.294 e. The van der Waals surface area contributed by atoms with Crippen molar-refractivity contribution in [1.29, 1.82) is 0 Å². The molecular formula is C16H14O. The Labute approximate surface area is 101 Å². The van der Waals surface area contributed by atoms with Crippen LogP contribution in [0, 0.1) is 0 Å². The highest BCUT2D eigenvalue weighted by molar-refractivity contribution is 6.01. The molecule has 0 aromatic heterocycles. The maximum Gasteiger partial charge on any atom is 0.163 e. The van der Waals surface area contributed by atoms with Gasteiger partial charge in [0, 0.05) is 12.0 Å². The molecule has 0 unspecified atom stereocenters. The van der Waals surface area contributed by atoms with E-state index in [9.17, 15) is 4.79 Å². The van der Waals surface area contributed by atoms with Crippen LogP contribution < -0.4 is 0 Å². The smallest absolute Gasteiger partial charge is 0.163 e. The number of carbonyl (C=O) groups excluding carboxylic acids is 1. The molecule has 0 fully saturated rings. The summed E-state index contributed by atoms with van der Waals surface area (Å²) >= 11 is 0. The lowest BCUT2D eigenvalue weighted by Gasteiger charge is -2.07. The molecule has 0 spiro atoms. The number of ketones is 1. The average Bonchev–Trinajstić information content (AvgIpc) is 2.66. The topological polar surface area (TPSA) is 17.1 Å². The van der Waals surface area contributed by atoms with Gasteiger partial charge in [-0.3, -0.25) is 4.79 Å². The number of fused-ring (bicyclic) bond motifs is 1. The van der Waals surface area contributed by atoms with Crippen LogP contribution in [0.15, 0.2) is 48.5 Å². The lowest BCUT2D eigenvalue weighted by atomic mass is 9.97. The highest BCUT2D eigenvalue weighted by Gasteiger charge is 2.25. The van der Waals surface area contributed by atoms with Crippen molar-refractivity contribution in [3.63, 3.8) is 0 Å². The van der Waals surface area contributed by atoms with Gasteiger partial charge >= 0.3 is 0 Å². The molecule has 1 aliphatic rings. The predicted molar refractivity (Wildman–Crippen MR) is 69.2 cm³/mol. The first-order chi connectivity index (χ1) is 8.25. The van der Waals surface area contributed by atoms with E-state index in [-0.39, 0.29) is 5.78 Å². The quantitative estimate of drug-likeness (QED) is 0.711. The summed E-state index contributed by atoms with van der Waals surface area (Å²) in [5.41, 5.74) is 4.53. The molecule has 0 saturated carbocycles. The second-order valence-electron chi connectivity index (χ2n) is 4.70. The second kappa shape index (κ2) is 3.85. The molecule has 17 heavy (non-hydrogen) atoms. The summed E-state index contributed by atoms with van der Waals surface area (Å²) in [5.74, 6) is 0.647. The second-order valence-corrected chi connectivity index (χ2v) is 4.70. The minimum atomic E-state index is 0.284. The van der Waals surface area contributed by atoms with E-state index in [0.29, 0.717) is 12.3 Å². The monoisotopic (exact) mass is 222 g/mol. The Morgan fingerprint density at radius 2 is 1.76 bits per heavy atom. The van der Waals surface area contributed by atoms with Gasteiger partial charge in [-0.2, -0.15) is 0 Å². The fourth-order valence-corrected chi connectivity index (χ4v) is 2.53. The summed E-state index contributed by atoms with van der Waals surface area (Å²) in [6, 6.07) is 16.5. The summed E-state index contributed by atoms with van der Waals surface area (Å²) in [6.07, 6.45) is 0.660. The van der Waals surface area contributed by atoms with Crippen LogP contribution in [0.4, 0.5) is 0 Å². The Hall–Kier alpha value is -1.89. The Morgan fingerprint density at radius 3 is 2.53 bits per heavy atom. The fraction of sp³-hybridized carbons (Fsp3) is 0.188. The Kier molecular flexibility index (Phi) is 2.32. The van der Waals surface area contributed by atoms with Crippen LogP contribution in [-0.4, -0.2) is 5.78 Å². The van der Waals surface area contributed by atoms with E-state index in [1.807, 2.05) is 30.3 Å². The maximum atomic E-state index is 11.7. The van der Waals surface area contributed by atoms with E-state index >= 15 is 0 Å². The van der Waals surface area contributed by atoms with E-state index in [0.717, 1.165) is 5.56 Å². The van der Waals surface area contributed by atoms with Crippen molar-refractivity contribution in [2.45, 2.75) is 19.3 Å². The van der Waals surface area contributed by atoms with Gasteiger partial charge in [-0.15, -0.1) is 0 Å². The third-order valence-electron chi connectivity index (χ3n) is 3.48. The predicted octanol–water partition coefficient (Wildman–Crippen LogP) is 4.04. The van der Waals surface area contributed by atoms with Gasteiger partial charge in [-0.05, 0) is 22.6 Å². The number of hydrogen-bond donors (Lipinski definition) is 0. The van der Waals surface area contributed by atoms with E-state index in [1.165, 1.54) is 16.7 Å². The van der Waals surface area contributed by atoms with Gasteiger partial charge < -0.3 is 0 Å². The first kappa shape index (κ1) is 10.3. The van der Waals surface area contributed by atoms with Crippen LogP contribution >= 0.6 is 0 Å². The van der Waals surface area contributed by atoms with Gasteiger partial charge in [0.05, 0.1) is 0 Å². The van der Waals surface area contributed by atoms with Crippen LogP contribution in [0.3, 0.4) is 0 Å².